The molecule has 60 heavy (non-hydrogen) atoms. The summed E-state index contributed by atoms with van der Waals surface area (Å²) in [7, 11) is 0. The molecule has 4 saturated heterocycles. The molecule has 0 bridgehead atoms. The number of carbonyl (C=O) groups excluding carboxylic acids is 7. The van der Waals surface area contributed by atoms with Crippen LogP contribution in [0.15, 0.2) is 60.7 Å². The van der Waals surface area contributed by atoms with Gasteiger partial charge in [0.2, 0.25) is 23.6 Å². The number of carboxylic acid groups (broad SMARTS) is 2. The molecule has 0 aromatic heterocycles. The summed E-state index contributed by atoms with van der Waals surface area (Å²) in [4.78, 5) is 123. The molecule has 7 N–H and O–H groups in total. The lowest BCUT2D eigenvalue weighted by Gasteiger charge is -2.44. The van der Waals surface area contributed by atoms with Gasteiger partial charge >= 0.3 is 29.8 Å². The number of nitrogens with one attached hydrogen (secondary N) is 5. The van der Waals surface area contributed by atoms with E-state index >= 15 is 0 Å². The van der Waals surface area contributed by atoms with Gasteiger partial charge < -0.3 is 41.3 Å². The van der Waals surface area contributed by atoms with E-state index in [-0.39, 0.29) is 30.8 Å². The summed E-state index contributed by atoms with van der Waals surface area (Å²) in [6, 6.07) is 6.81. The fraction of sp³-hybridized carbons (Fsp3) is 0.462. The number of benzene rings is 2. The predicted octanol–water partition coefficient (Wildman–Crippen LogP) is -0.00370. The van der Waals surface area contributed by atoms with Crippen LogP contribution in [-0.2, 0) is 38.4 Å². The first kappa shape index (κ1) is 43.9. The van der Waals surface area contributed by atoms with Gasteiger partial charge in [-0.1, -0.05) is 60.7 Å². The SMILES string of the molecule is CCN1CCN(C(=O)N[C@@H](C(=O)NC(C(=O)N[C@@H](C(=O)N[C@@H]2C(=O)N3C(C(=O)O)C(C)(C)S[C@H]23)c2ccccc2)C2N[C@@H](C(=O)O)C(C)(C)S2)c2ccccc2)C(=O)C1=O. The highest BCUT2D eigenvalue weighted by atomic mass is 32.2. The van der Waals surface area contributed by atoms with E-state index in [1.807, 2.05) is 0 Å². The van der Waals surface area contributed by atoms with E-state index in [9.17, 15) is 53.4 Å². The third-order valence-corrected chi connectivity index (χ3v) is 13.9. The monoisotopic (exact) mass is 866 g/mol. The zero-order valence-electron chi connectivity index (χ0n) is 33.2. The van der Waals surface area contributed by atoms with Crippen molar-refractivity contribution in [3.63, 3.8) is 0 Å². The molecule has 8 amide bonds. The zero-order chi connectivity index (χ0) is 43.8. The summed E-state index contributed by atoms with van der Waals surface area (Å²) in [6.45, 7) is 8.53. The molecule has 4 heterocycles. The number of carboxylic acids is 2. The van der Waals surface area contributed by atoms with Crippen LogP contribution in [0.25, 0.3) is 0 Å². The zero-order valence-corrected chi connectivity index (χ0v) is 34.9. The summed E-state index contributed by atoms with van der Waals surface area (Å²) in [6.07, 6.45) is 0. The summed E-state index contributed by atoms with van der Waals surface area (Å²) in [5.74, 6) is -7.71. The third-order valence-electron chi connectivity index (χ3n) is 10.8. The molecule has 6 rings (SSSR count). The molecule has 4 aliphatic heterocycles. The Kier molecular flexibility index (Phi) is 12.5. The number of urea groups is 1. The van der Waals surface area contributed by atoms with E-state index < -0.39 is 110 Å². The van der Waals surface area contributed by atoms with E-state index in [1.165, 1.54) is 33.7 Å². The fourth-order valence-corrected chi connectivity index (χ4v) is 10.8. The number of nitrogens with zero attached hydrogens (tertiary/aromatic N) is 3. The van der Waals surface area contributed by atoms with Gasteiger partial charge in [-0.05, 0) is 45.7 Å². The first-order chi connectivity index (χ1) is 28.3. The normalized spacial score (nSPS) is 25.6. The fourth-order valence-electron chi connectivity index (χ4n) is 7.72. The van der Waals surface area contributed by atoms with Crippen LogP contribution in [-0.4, -0.2) is 142 Å². The van der Waals surface area contributed by atoms with Gasteiger partial charge in [-0.15, -0.1) is 23.5 Å². The van der Waals surface area contributed by atoms with Crippen LogP contribution >= 0.6 is 23.5 Å². The molecule has 2 aromatic carbocycles. The number of amides is 8. The molecule has 0 saturated carbocycles. The lowest BCUT2D eigenvalue weighted by atomic mass is 9.95. The van der Waals surface area contributed by atoms with E-state index in [0.717, 1.165) is 11.8 Å². The van der Waals surface area contributed by atoms with Gasteiger partial charge in [0.25, 0.3) is 0 Å². The molecule has 4 aliphatic rings. The highest BCUT2D eigenvalue weighted by Crippen LogP contribution is 2.51. The largest absolute Gasteiger partial charge is 0.480 e. The second kappa shape index (κ2) is 17.1. The Balaban J connectivity index is 1.29. The predicted molar refractivity (Wildman–Crippen MR) is 217 cm³/mol. The standard InChI is InChI=1S/C39H46N8O11S2/c1-6-45-17-18-46(33(53)32(45)52)37(58)43-22(20-15-11-8-12-16-20)28(49)41-23(30-44-25(35(54)55)38(2,3)59-30)29(50)40-21(19-13-9-7-10-14-19)27(48)42-24-31(51)47-26(36(56)57)39(4,5)60-34(24)47/h7-16,21-26,30,34,44H,6,17-18H2,1-5H3,(H,40,50)(H,41,49)(H,42,48)(H,43,58)(H,54,55)(H,56,57)/t21-,22-,23?,24-,25+,26?,30?,34-/m1/s1. The first-order valence-corrected chi connectivity index (χ1v) is 20.8. The van der Waals surface area contributed by atoms with Crippen LogP contribution < -0.4 is 26.6 Å². The average molecular weight is 867 g/mol. The molecular formula is C39H46N8O11S2. The molecule has 0 radical (unpaired) electrons. The van der Waals surface area contributed by atoms with Crippen molar-refractivity contribution in [2.75, 3.05) is 19.6 Å². The minimum absolute atomic E-state index is 0.0771. The number of β-lactam (4-membered cyclic amide) rings is 1. The first-order valence-electron chi connectivity index (χ1n) is 19.1. The van der Waals surface area contributed by atoms with E-state index in [0.29, 0.717) is 4.90 Å². The Bertz CT molecular complexity index is 2090. The van der Waals surface area contributed by atoms with Crippen molar-refractivity contribution in [1.82, 2.24) is 41.3 Å². The van der Waals surface area contributed by atoms with Crippen molar-refractivity contribution >= 4 is 76.9 Å². The van der Waals surface area contributed by atoms with Crippen LogP contribution in [0, 0.1) is 0 Å². The Morgan fingerprint density at radius 3 is 1.87 bits per heavy atom. The topological polar surface area (TPSA) is 264 Å². The Hall–Kier alpha value is -5.67. The molecule has 21 heteroatoms. The van der Waals surface area contributed by atoms with Gasteiger partial charge in [-0.3, -0.25) is 43.8 Å². The second-order valence-electron chi connectivity index (χ2n) is 15.6. The minimum atomic E-state index is -1.62. The third kappa shape index (κ3) is 8.50. The van der Waals surface area contributed by atoms with Crippen molar-refractivity contribution in [3.8, 4) is 0 Å². The van der Waals surface area contributed by atoms with Gasteiger partial charge in [-0.25, -0.2) is 9.59 Å². The second-order valence-corrected chi connectivity index (χ2v) is 19.2. The highest BCUT2D eigenvalue weighted by molar-refractivity contribution is 8.02. The van der Waals surface area contributed by atoms with Gasteiger partial charge in [-0.2, -0.15) is 0 Å². The number of aliphatic carboxylic acids is 2. The molecule has 0 spiro atoms. The smallest absolute Gasteiger partial charge is 0.327 e. The minimum Gasteiger partial charge on any atom is -0.480 e. The Labute approximate surface area is 353 Å². The highest BCUT2D eigenvalue weighted by Gasteiger charge is 2.64. The summed E-state index contributed by atoms with van der Waals surface area (Å²) >= 11 is 2.27. The quantitative estimate of drug-likeness (QED) is 0.103. The molecule has 0 aliphatic carbocycles. The molecule has 8 atom stereocenters. The van der Waals surface area contributed by atoms with Crippen LogP contribution in [0.3, 0.4) is 0 Å². The maximum Gasteiger partial charge on any atom is 0.327 e. The van der Waals surface area contributed by atoms with E-state index in [1.54, 1.807) is 83.1 Å². The van der Waals surface area contributed by atoms with Gasteiger partial charge in [0.05, 0.1) is 5.37 Å². The van der Waals surface area contributed by atoms with Crippen LogP contribution in [0.1, 0.15) is 57.8 Å². The number of imide groups is 1. The molecule has 19 nitrogen and oxygen atoms in total. The van der Waals surface area contributed by atoms with E-state index in [4.69, 9.17) is 0 Å². The summed E-state index contributed by atoms with van der Waals surface area (Å²) in [5.41, 5.74) is 0.524. The number of hydrogen-bond donors (Lipinski definition) is 7. The Morgan fingerprint density at radius 1 is 0.750 bits per heavy atom. The lowest BCUT2D eigenvalue weighted by molar-refractivity contribution is -0.161. The number of likely N-dealkylation sites (N-methyl/N-ethyl adjacent to an activating group) is 1. The van der Waals surface area contributed by atoms with Gasteiger partial charge in [0, 0.05) is 29.1 Å². The number of piperazine rings is 1. The van der Waals surface area contributed by atoms with Crippen molar-refractivity contribution in [1.29, 1.82) is 0 Å². The lowest BCUT2D eigenvalue weighted by Crippen LogP contribution is -2.71. The van der Waals surface area contributed by atoms with Crippen molar-refractivity contribution in [2.24, 2.45) is 0 Å². The number of hydrogen-bond acceptors (Lipinski definition) is 12. The Morgan fingerprint density at radius 2 is 1.33 bits per heavy atom. The molecule has 3 unspecified atom stereocenters. The van der Waals surface area contributed by atoms with Crippen LogP contribution in [0.5, 0.6) is 0 Å². The number of thioether (sulfide) groups is 2. The molecule has 4 fully saturated rings. The van der Waals surface area contributed by atoms with Gasteiger partial charge in [0.15, 0.2) is 0 Å². The van der Waals surface area contributed by atoms with Crippen LogP contribution in [0.4, 0.5) is 4.79 Å². The van der Waals surface area contributed by atoms with Gasteiger partial charge in [0.1, 0.15) is 41.6 Å². The molecular weight excluding hydrogens is 821 g/mol. The maximum absolute atomic E-state index is 14.6. The van der Waals surface area contributed by atoms with Crippen molar-refractivity contribution in [2.45, 2.75) is 91.1 Å². The summed E-state index contributed by atoms with van der Waals surface area (Å²) < 4.78 is -1.89. The maximum atomic E-state index is 14.6. The molecule has 320 valence electrons. The molecule has 2 aromatic rings. The summed E-state index contributed by atoms with van der Waals surface area (Å²) in [5, 5.41) is 31.5. The van der Waals surface area contributed by atoms with Crippen molar-refractivity contribution in [3.05, 3.63) is 71.8 Å². The number of carbonyl (C=O) groups is 9. The van der Waals surface area contributed by atoms with Crippen LogP contribution in [0.2, 0.25) is 0 Å². The van der Waals surface area contributed by atoms with Crippen molar-refractivity contribution < 1.29 is 53.4 Å². The average Bonchev–Trinajstić information content (AvgIpc) is 3.67. The number of rotatable bonds is 13. The number of fused-ring (bicyclic) bond motifs is 1. The van der Waals surface area contributed by atoms with E-state index in [2.05, 4.69) is 26.6 Å².